The minimum absolute atomic E-state index is 0.0259. The zero-order valence-corrected chi connectivity index (χ0v) is 22.9. The Hall–Kier alpha value is -3.86. The van der Waals surface area contributed by atoms with Crippen LogP contribution in [0.2, 0.25) is 5.02 Å². The van der Waals surface area contributed by atoms with Crippen LogP contribution in [0, 0.1) is 5.82 Å². The zero-order chi connectivity index (χ0) is 28.3. The molecule has 2 N–H and O–H groups in total. The van der Waals surface area contributed by atoms with Crippen LogP contribution in [0.5, 0.6) is 0 Å². The first kappa shape index (κ1) is 27.7. The first-order valence-electron chi connectivity index (χ1n) is 12.7. The molecule has 5 rings (SSSR count). The molecule has 8 nitrogen and oxygen atoms in total. The summed E-state index contributed by atoms with van der Waals surface area (Å²) in [5.74, 6) is -1.33. The van der Waals surface area contributed by atoms with Gasteiger partial charge in [0.05, 0.1) is 16.9 Å². The second kappa shape index (κ2) is 11.7. The number of halogens is 2. The second-order valence-corrected chi connectivity index (χ2v) is 11.7. The molecule has 0 fully saturated rings. The number of pyridine rings is 1. The van der Waals surface area contributed by atoms with Gasteiger partial charge in [0, 0.05) is 54.4 Å². The summed E-state index contributed by atoms with van der Waals surface area (Å²) in [6.45, 7) is 0.902. The molecule has 4 aromatic rings. The van der Waals surface area contributed by atoms with Crippen LogP contribution in [0.1, 0.15) is 27.0 Å². The molecule has 206 valence electrons. The highest BCUT2D eigenvalue weighted by Gasteiger charge is 2.24. The maximum Gasteiger partial charge on any atom is 0.257 e. The molecule has 3 aromatic carbocycles. The lowest BCUT2D eigenvalue weighted by molar-refractivity contribution is -0.120. The van der Waals surface area contributed by atoms with Crippen LogP contribution in [0.15, 0.2) is 78.0 Å². The molecule has 1 aromatic heterocycles. The number of nitrogens with one attached hydrogen (secondary N) is 2. The third-order valence-electron chi connectivity index (χ3n) is 6.77. The van der Waals surface area contributed by atoms with Gasteiger partial charge in [0.15, 0.2) is 0 Å². The van der Waals surface area contributed by atoms with Gasteiger partial charge >= 0.3 is 0 Å². The standard InChI is InChI=1S/C29H26ClFN4O4S/c30-23-6-7-25(26(31)16-23)29(37)35-13-9-20-5-4-19(14-22(20)18-35)15-28(36)33-11-12-34-40(38,39)27-3-1-2-21-17-32-10-8-24(21)27/h1-8,10,14,16-17,34H,9,11-13,15,18H2,(H,33,36). The van der Waals surface area contributed by atoms with E-state index >= 15 is 0 Å². The maximum atomic E-state index is 14.3. The van der Waals surface area contributed by atoms with E-state index in [4.69, 9.17) is 11.6 Å². The van der Waals surface area contributed by atoms with E-state index in [1.54, 1.807) is 29.3 Å². The van der Waals surface area contributed by atoms with Gasteiger partial charge in [-0.15, -0.1) is 0 Å². The largest absolute Gasteiger partial charge is 0.355 e. The van der Waals surface area contributed by atoms with Crippen LogP contribution in [0.4, 0.5) is 4.39 Å². The fourth-order valence-electron chi connectivity index (χ4n) is 4.77. The van der Waals surface area contributed by atoms with E-state index in [9.17, 15) is 22.4 Å². The third-order valence-corrected chi connectivity index (χ3v) is 8.52. The number of hydrogen-bond donors (Lipinski definition) is 2. The maximum absolute atomic E-state index is 14.3. The first-order chi connectivity index (χ1) is 19.2. The number of sulfonamides is 1. The fourth-order valence-corrected chi connectivity index (χ4v) is 6.19. The fraction of sp³-hybridized carbons (Fsp3) is 0.207. The van der Waals surface area contributed by atoms with Crippen LogP contribution in [0.25, 0.3) is 10.8 Å². The van der Waals surface area contributed by atoms with Crippen molar-refractivity contribution in [1.29, 1.82) is 0 Å². The summed E-state index contributed by atoms with van der Waals surface area (Å²) < 4.78 is 42.4. The smallest absolute Gasteiger partial charge is 0.257 e. The lowest BCUT2D eigenvalue weighted by Crippen LogP contribution is -2.36. The molecule has 0 atom stereocenters. The average Bonchev–Trinajstić information content (AvgIpc) is 2.94. The van der Waals surface area contributed by atoms with Crippen molar-refractivity contribution in [1.82, 2.24) is 19.9 Å². The van der Waals surface area contributed by atoms with Gasteiger partial charge in [-0.1, -0.05) is 41.9 Å². The molecule has 2 heterocycles. The summed E-state index contributed by atoms with van der Waals surface area (Å²) in [5.41, 5.74) is 2.70. The van der Waals surface area contributed by atoms with Crippen molar-refractivity contribution in [2.75, 3.05) is 19.6 Å². The number of nitrogens with zero attached hydrogens (tertiary/aromatic N) is 2. The van der Waals surface area contributed by atoms with Gasteiger partial charge in [0.1, 0.15) is 5.82 Å². The molecule has 0 unspecified atom stereocenters. The van der Waals surface area contributed by atoms with Crippen molar-refractivity contribution in [3.8, 4) is 0 Å². The summed E-state index contributed by atoms with van der Waals surface area (Å²) in [6.07, 6.45) is 3.85. The lowest BCUT2D eigenvalue weighted by Gasteiger charge is -2.29. The highest BCUT2D eigenvalue weighted by Crippen LogP contribution is 2.24. The van der Waals surface area contributed by atoms with Gasteiger partial charge in [-0.25, -0.2) is 17.5 Å². The molecule has 40 heavy (non-hydrogen) atoms. The van der Waals surface area contributed by atoms with Crippen molar-refractivity contribution in [2.24, 2.45) is 0 Å². The van der Waals surface area contributed by atoms with Gasteiger partial charge in [-0.2, -0.15) is 0 Å². The number of carbonyl (C=O) groups is 2. The monoisotopic (exact) mass is 580 g/mol. The van der Waals surface area contributed by atoms with Gasteiger partial charge in [0.2, 0.25) is 15.9 Å². The Morgan fingerprint density at radius 1 is 1.02 bits per heavy atom. The molecule has 0 saturated heterocycles. The molecular weight excluding hydrogens is 555 g/mol. The quantitative estimate of drug-likeness (QED) is 0.308. The Kier molecular flexibility index (Phi) is 8.11. The number of benzene rings is 3. The number of rotatable bonds is 8. The van der Waals surface area contributed by atoms with E-state index in [2.05, 4.69) is 15.0 Å². The highest BCUT2D eigenvalue weighted by molar-refractivity contribution is 7.89. The van der Waals surface area contributed by atoms with Crippen LogP contribution in [-0.4, -0.2) is 49.8 Å². The zero-order valence-electron chi connectivity index (χ0n) is 21.4. The Morgan fingerprint density at radius 3 is 2.70 bits per heavy atom. The normalized spacial score (nSPS) is 13.2. The minimum atomic E-state index is -3.78. The van der Waals surface area contributed by atoms with E-state index in [-0.39, 0.29) is 40.9 Å². The Balaban J connectivity index is 1.15. The summed E-state index contributed by atoms with van der Waals surface area (Å²) in [4.78, 5) is 31.2. The van der Waals surface area contributed by atoms with Crippen LogP contribution < -0.4 is 10.0 Å². The first-order valence-corrected chi connectivity index (χ1v) is 14.5. The third kappa shape index (κ3) is 6.14. The van der Waals surface area contributed by atoms with E-state index in [0.717, 1.165) is 22.8 Å². The predicted molar refractivity (Wildman–Crippen MR) is 150 cm³/mol. The van der Waals surface area contributed by atoms with Crippen molar-refractivity contribution in [3.05, 3.63) is 106 Å². The molecule has 0 radical (unpaired) electrons. The number of fused-ring (bicyclic) bond motifs is 2. The molecule has 0 aliphatic carbocycles. The number of aromatic nitrogens is 1. The van der Waals surface area contributed by atoms with Crippen molar-refractivity contribution < 1.29 is 22.4 Å². The number of amides is 2. The molecule has 1 aliphatic heterocycles. The lowest BCUT2D eigenvalue weighted by atomic mass is 9.95. The molecule has 2 amide bonds. The van der Waals surface area contributed by atoms with Crippen LogP contribution in [-0.2, 0) is 34.2 Å². The Morgan fingerprint density at radius 2 is 1.88 bits per heavy atom. The van der Waals surface area contributed by atoms with Gasteiger partial charge in [0.25, 0.3) is 5.91 Å². The molecule has 1 aliphatic rings. The molecule has 0 spiro atoms. The number of hydrogen-bond acceptors (Lipinski definition) is 5. The summed E-state index contributed by atoms with van der Waals surface area (Å²) in [5, 5.41) is 4.25. The Bertz CT molecular complexity index is 1710. The van der Waals surface area contributed by atoms with E-state index in [0.29, 0.717) is 30.3 Å². The average molecular weight is 581 g/mol. The predicted octanol–water partition coefficient (Wildman–Crippen LogP) is 3.86. The van der Waals surface area contributed by atoms with Gasteiger partial charge in [-0.3, -0.25) is 14.6 Å². The highest BCUT2D eigenvalue weighted by atomic mass is 35.5. The van der Waals surface area contributed by atoms with E-state index < -0.39 is 21.7 Å². The molecule has 0 bridgehead atoms. The number of carbonyl (C=O) groups excluding carboxylic acids is 2. The summed E-state index contributed by atoms with van der Waals surface area (Å²) in [7, 11) is -3.78. The van der Waals surface area contributed by atoms with Gasteiger partial charge in [-0.05, 0) is 53.4 Å². The summed E-state index contributed by atoms with van der Waals surface area (Å²) in [6, 6.07) is 16.3. The van der Waals surface area contributed by atoms with Crippen LogP contribution >= 0.6 is 11.6 Å². The van der Waals surface area contributed by atoms with Crippen molar-refractivity contribution >= 4 is 44.2 Å². The van der Waals surface area contributed by atoms with Gasteiger partial charge < -0.3 is 10.2 Å². The Labute approximate surface area is 236 Å². The second-order valence-electron chi connectivity index (χ2n) is 9.48. The van der Waals surface area contributed by atoms with Crippen LogP contribution in [0.3, 0.4) is 0 Å². The summed E-state index contributed by atoms with van der Waals surface area (Å²) >= 11 is 5.81. The van der Waals surface area contributed by atoms with Crippen molar-refractivity contribution in [2.45, 2.75) is 24.3 Å². The van der Waals surface area contributed by atoms with E-state index in [1.807, 2.05) is 18.2 Å². The van der Waals surface area contributed by atoms with Crippen molar-refractivity contribution in [3.63, 3.8) is 0 Å². The van der Waals surface area contributed by atoms with E-state index in [1.165, 1.54) is 24.4 Å². The topological polar surface area (TPSA) is 108 Å². The molecule has 0 saturated carbocycles. The SMILES string of the molecule is O=C(Cc1ccc2c(c1)CN(C(=O)c1ccc(Cl)cc1F)CC2)NCCNS(=O)(=O)c1cccc2cnccc12. The molecular formula is C29H26ClFN4O4S. The minimum Gasteiger partial charge on any atom is -0.355 e. The molecule has 11 heteroatoms.